The number of hydrogen-bond acceptors (Lipinski definition) is 2. The molecule has 0 fully saturated rings. The fourth-order valence-electron chi connectivity index (χ4n) is 2.69. The zero-order valence-electron chi connectivity index (χ0n) is 14.6. The summed E-state index contributed by atoms with van der Waals surface area (Å²) in [6.45, 7) is 4.23. The molecule has 0 radical (unpaired) electrons. The summed E-state index contributed by atoms with van der Waals surface area (Å²) in [5, 5.41) is 0. The van der Waals surface area contributed by atoms with E-state index in [0.717, 1.165) is 31.7 Å². The third-order valence-electron chi connectivity index (χ3n) is 3.81. The van der Waals surface area contributed by atoms with E-state index < -0.39 is 8.32 Å². The van der Waals surface area contributed by atoms with Crippen molar-refractivity contribution in [3.63, 3.8) is 0 Å². The van der Waals surface area contributed by atoms with Crippen LogP contribution in [-0.2, 0) is 15.3 Å². The number of hydrogen-bond donors (Lipinski definition) is 0. The quantitative estimate of drug-likeness (QED) is 0.314. The molecular formula is C20H30O2Si. The first-order chi connectivity index (χ1) is 11.0. The van der Waals surface area contributed by atoms with Gasteiger partial charge in [0.25, 0.3) is 14.3 Å². The van der Waals surface area contributed by atoms with Crippen molar-refractivity contribution in [1.82, 2.24) is 0 Å². The number of benzene rings is 1. The lowest BCUT2D eigenvalue weighted by Gasteiger charge is -2.23. The largest absolute Gasteiger partial charge is 0.519 e. The maximum Gasteiger partial charge on any atom is 0.292 e. The minimum atomic E-state index is -1.97. The third kappa shape index (κ3) is 9.96. The maximum absolute atomic E-state index is 12.0. The van der Waals surface area contributed by atoms with Crippen LogP contribution in [0.3, 0.4) is 0 Å². The van der Waals surface area contributed by atoms with E-state index in [1.165, 1.54) is 24.8 Å². The van der Waals surface area contributed by atoms with Crippen LogP contribution < -0.4 is 0 Å². The van der Waals surface area contributed by atoms with Gasteiger partial charge in [0.05, 0.1) is 0 Å². The molecule has 23 heavy (non-hydrogen) atoms. The summed E-state index contributed by atoms with van der Waals surface area (Å²) in [5.74, 6) is 2.64. The molecule has 0 saturated heterocycles. The van der Waals surface area contributed by atoms with Gasteiger partial charge in [-0.1, -0.05) is 56.0 Å². The molecular weight excluding hydrogens is 300 g/mol. The highest BCUT2D eigenvalue weighted by atomic mass is 28.4. The average Bonchev–Trinajstić information content (AvgIpc) is 2.50. The number of rotatable bonds is 11. The Labute approximate surface area is 142 Å². The van der Waals surface area contributed by atoms with E-state index >= 15 is 0 Å². The molecule has 1 rings (SSSR count). The van der Waals surface area contributed by atoms with Gasteiger partial charge >= 0.3 is 0 Å². The van der Waals surface area contributed by atoms with Crippen molar-refractivity contribution in [2.75, 3.05) is 0 Å². The number of carbonyl (C=O) groups is 1. The summed E-state index contributed by atoms with van der Waals surface area (Å²) in [7, 11) is -1.97. The van der Waals surface area contributed by atoms with Gasteiger partial charge < -0.3 is 4.43 Å². The van der Waals surface area contributed by atoms with E-state index in [2.05, 4.69) is 31.1 Å². The van der Waals surface area contributed by atoms with Gasteiger partial charge in [0.15, 0.2) is 0 Å². The van der Waals surface area contributed by atoms with E-state index in [1.807, 2.05) is 18.2 Å². The highest BCUT2D eigenvalue weighted by molar-refractivity contribution is 6.72. The summed E-state index contributed by atoms with van der Waals surface area (Å²) in [4.78, 5) is 12.0. The Bertz CT molecular complexity index is 488. The zero-order chi connectivity index (χ0) is 17.0. The molecule has 2 nitrogen and oxygen atoms in total. The van der Waals surface area contributed by atoms with Crippen molar-refractivity contribution < 1.29 is 9.22 Å². The first kappa shape index (κ1) is 19.5. The maximum atomic E-state index is 12.0. The molecule has 0 aliphatic heterocycles. The van der Waals surface area contributed by atoms with Crippen molar-refractivity contribution in [2.24, 2.45) is 0 Å². The van der Waals surface area contributed by atoms with Crippen LogP contribution in [0.1, 0.15) is 56.9 Å². The van der Waals surface area contributed by atoms with Crippen LogP contribution in [0.25, 0.3) is 0 Å². The van der Waals surface area contributed by atoms with Crippen LogP contribution in [0.15, 0.2) is 30.3 Å². The SMILES string of the molecule is C#CCCCCCCCCC(=O)O[Si](C)(C)Cc1ccccc1. The minimum Gasteiger partial charge on any atom is -0.519 e. The molecule has 0 bridgehead atoms. The molecule has 0 atom stereocenters. The van der Waals surface area contributed by atoms with Crippen LogP contribution in [0, 0.1) is 12.3 Å². The first-order valence-electron chi connectivity index (χ1n) is 8.73. The second-order valence-corrected chi connectivity index (χ2v) is 10.8. The molecule has 0 N–H and O–H groups in total. The summed E-state index contributed by atoms with van der Waals surface area (Å²) < 4.78 is 5.78. The van der Waals surface area contributed by atoms with E-state index in [9.17, 15) is 4.79 Å². The second kappa shape index (κ2) is 11.1. The molecule has 0 saturated carbocycles. The highest BCUT2D eigenvalue weighted by Crippen LogP contribution is 2.15. The lowest BCUT2D eigenvalue weighted by atomic mass is 10.1. The second-order valence-electron chi connectivity index (χ2n) is 6.72. The molecule has 0 spiro atoms. The van der Waals surface area contributed by atoms with Crippen molar-refractivity contribution in [3.05, 3.63) is 35.9 Å². The summed E-state index contributed by atoms with van der Waals surface area (Å²) >= 11 is 0. The number of carbonyl (C=O) groups excluding carboxylic acids is 1. The average molecular weight is 331 g/mol. The van der Waals surface area contributed by atoms with Crippen molar-refractivity contribution >= 4 is 14.3 Å². The number of terminal acetylenes is 1. The van der Waals surface area contributed by atoms with E-state index in [-0.39, 0.29) is 5.97 Å². The Balaban J connectivity index is 2.14. The molecule has 0 aromatic heterocycles. The van der Waals surface area contributed by atoms with Gasteiger partial charge in [-0.15, -0.1) is 12.3 Å². The standard InChI is InChI=1S/C20H30O2Si/c1-4-5-6-7-8-9-10-14-17-20(21)22-23(2,3)18-19-15-12-11-13-16-19/h1,11-13,15-16H,5-10,14,17-18H2,2-3H3. The van der Waals surface area contributed by atoms with Crippen molar-refractivity contribution in [1.29, 1.82) is 0 Å². The van der Waals surface area contributed by atoms with Crippen molar-refractivity contribution in [2.45, 2.75) is 70.5 Å². The van der Waals surface area contributed by atoms with Crippen molar-refractivity contribution in [3.8, 4) is 12.3 Å². The fraction of sp³-hybridized carbons (Fsp3) is 0.550. The van der Waals surface area contributed by atoms with Gasteiger partial charge in [0.1, 0.15) is 0 Å². The predicted molar refractivity (Wildman–Crippen MR) is 99.5 cm³/mol. The molecule has 3 heteroatoms. The van der Waals surface area contributed by atoms with Gasteiger partial charge in [-0.3, -0.25) is 4.79 Å². The van der Waals surface area contributed by atoms with Gasteiger partial charge in [-0.25, -0.2) is 0 Å². The van der Waals surface area contributed by atoms with E-state index in [0.29, 0.717) is 6.42 Å². The molecule has 126 valence electrons. The third-order valence-corrected chi connectivity index (χ3v) is 5.85. The molecule has 1 aromatic rings. The van der Waals surface area contributed by atoms with Crippen LogP contribution in [-0.4, -0.2) is 14.3 Å². The normalized spacial score (nSPS) is 11.0. The monoisotopic (exact) mass is 330 g/mol. The fourth-order valence-corrected chi connectivity index (χ4v) is 4.70. The van der Waals surface area contributed by atoms with E-state index in [1.54, 1.807) is 0 Å². The Hall–Kier alpha value is -1.53. The first-order valence-corrected chi connectivity index (χ1v) is 11.8. The smallest absolute Gasteiger partial charge is 0.292 e. The molecule has 0 amide bonds. The zero-order valence-corrected chi connectivity index (χ0v) is 15.6. The summed E-state index contributed by atoms with van der Waals surface area (Å²) in [6, 6.07) is 11.2. The summed E-state index contributed by atoms with van der Waals surface area (Å²) in [6.07, 6.45) is 13.4. The van der Waals surface area contributed by atoms with Crippen LogP contribution in [0.2, 0.25) is 13.1 Å². The Morgan fingerprint density at radius 1 is 1.04 bits per heavy atom. The Morgan fingerprint density at radius 3 is 2.30 bits per heavy atom. The lowest BCUT2D eigenvalue weighted by molar-refractivity contribution is -0.135. The van der Waals surface area contributed by atoms with Crippen LogP contribution >= 0.6 is 0 Å². The van der Waals surface area contributed by atoms with Gasteiger partial charge in [0, 0.05) is 18.9 Å². The molecule has 1 aromatic carbocycles. The molecule has 0 heterocycles. The van der Waals surface area contributed by atoms with Crippen LogP contribution in [0.5, 0.6) is 0 Å². The highest BCUT2D eigenvalue weighted by Gasteiger charge is 2.27. The van der Waals surface area contributed by atoms with Gasteiger partial charge in [0.2, 0.25) is 0 Å². The minimum absolute atomic E-state index is 0.0232. The van der Waals surface area contributed by atoms with Crippen LogP contribution in [0.4, 0.5) is 0 Å². The summed E-state index contributed by atoms with van der Waals surface area (Å²) in [5.41, 5.74) is 1.25. The number of unbranched alkanes of at least 4 members (excludes halogenated alkanes) is 6. The van der Waals surface area contributed by atoms with Gasteiger partial charge in [-0.05, 0) is 31.5 Å². The molecule has 0 unspecified atom stereocenters. The Morgan fingerprint density at radius 2 is 1.65 bits per heavy atom. The predicted octanol–water partition coefficient (Wildman–Crippen LogP) is 5.27. The molecule has 0 aliphatic carbocycles. The van der Waals surface area contributed by atoms with Gasteiger partial charge in [-0.2, -0.15) is 0 Å². The Kier molecular flexibility index (Phi) is 9.39. The molecule has 0 aliphatic rings. The van der Waals surface area contributed by atoms with E-state index in [4.69, 9.17) is 10.8 Å². The lowest BCUT2D eigenvalue weighted by Crippen LogP contribution is -2.36. The topological polar surface area (TPSA) is 26.3 Å².